The molecule has 2 aromatic carbocycles. The third kappa shape index (κ3) is 3.94. The monoisotopic (exact) mass is 338 g/mol. The highest BCUT2D eigenvalue weighted by molar-refractivity contribution is 7.80. The summed E-state index contributed by atoms with van der Waals surface area (Å²) in [5.74, 6) is -0.289. The standard InChI is InChI=1S/C15H12Cl2N2OS/c16-12-6-2-5-11(13(12)17)15(20)19-8-9-3-1-4-10(7-9)14(18)21/h1-7H,8H2,(H2,18,21)(H,19,20). The molecule has 0 aliphatic carbocycles. The van der Waals surface area contributed by atoms with E-state index >= 15 is 0 Å². The van der Waals surface area contributed by atoms with Gasteiger partial charge in [0.1, 0.15) is 4.99 Å². The van der Waals surface area contributed by atoms with E-state index in [0.29, 0.717) is 22.1 Å². The summed E-state index contributed by atoms with van der Waals surface area (Å²) >= 11 is 16.8. The van der Waals surface area contributed by atoms with Gasteiger partial charge in [-0.05, 0) is 23.8 Å². The molecule has 0 aromatic heterocycles. The van der Waals surface area contributed by atoms with E-state index in [2.05, 4.69) is 5.32 Å². The number of halogens is 2. The zero-order valence-electron chi connectivity index (χ0n) is 10.9. The Morgan fingerprint density at radius 3 is 2.62 bits per heavy atom. The summed E-state index contributed by atoms with van der Waals surface area (Å²) < 4.78 is 0. The second-order valence-corrected chi connectivity index (χ2v) is 5.57. The molecular formula is C15H12Cl2N2OS. The number of nitrogens with one attached hydrogen (secondary N) is 1. The predicted octanol–water partition coefficient (Wildman–Crippen LogP) is 3.56. The Balaban J connectivity index is 2.09. The molecule has 0 spiro atoms. The van der Waals surface area contributed by atoms with Crippen LogP contribution in [-0.4, -0.2) is 10.9 Å². The summed E-state index contributed by atoms with van der Waals surface area (Å²) in [6.45, 7) is 0.345. The van der Waals surface area contributed by atoms with E-state index in [0.717, 1.165) is 11.1 Å². The van der Waals surface area contributed by atoms with E-state index in [1.807, 2.05) is 24.3 Å². The average Bonchev–Trinajstić information content (AvgIpc) is 2.48. The largest absolute Gasteiger partial charge is 0.389 e. The summed E-state index contributed by atoms with van der Waals surface area (Å²) in [7, 11) is 0. The Morgan fingerprint density at radius 2 is 1.90 bits per heavy atom. The number of hydrogen-bond donors (Lipinski definition) is 2. The molecule has 2 aromatic rings. The fourth-order valence-corrected chi connectivity index (χ4v) is 2.30. The van der Waals surface area contributed by atoms with Gasteiger partial charge in [-0.1, -0.05) is 59.7 Å². The van der Waals surface area contributed by atoms with Crippen LogP contribution in [0.1, 0.15) is 21.5 Å². The molecule has 0 saturated heterocycles. The average molecular weight is 339 g/mol. The Bertz CT molecular complexity index is 704. The van der Waals surface area contributed by atoms with Crippen LogP contribution in [0, 0.1) is 0 Å². The molecule has 3 nitrogen and oxygen atoms in total. The highest BCUT2D eigenvalue weighted by Gasteiger charge is 2.12. The summed E-state index contributed by atoms with van der Waals surface area (Å²) in [5.41, 5.74) is 7.58. The van der Waals surface area contributed by atoms with Crippen molar-refractivity contribution in [2.45, 2.75) is 6.54 Å². The van der Waals surface area contributed by atoms with Crippen molar-refractivity contribution >= 4 is 46.3 Å². The molecule has 0 aliphatic heterocycles. The highest BCUT2D eigenvalue weighted by atomic mass is 35.5. The normalized spacial score (nSPS) is 10.2. The van der Waals surface area contributed by atoms with Crippen molar-refractivity contribution in [3.63, 3.8) is 0 Å². The highest BCUT2D eigenvalue weighted by Crippen LogP contribution is 2.25. The number of rotatable bonds is 4. The van der Waals surface area contributed by atoms with E-state index in [-0.39, 0.29) is 10.9 Å². The lowest BCUT2D eigenvalue weighted by Crippen LogP contribution is -2.23. The van der Waals surface area contributed by atoms with E-state index in [4.69, 9.17) is 41.2 Å². The first-order valence-corrected chi connectivity index (χ1v) is 7.26. The molecule has 0 unspecified atom stereocenters. The molecule has 3 N–H and O–H groups in total. The molecule has 0 aliphatic rings. The topological polar surface area (TPSA) is 55.1 Å². The Labute approximate surface area is 138 Å². The quantitative estimate of drug-likeness (QED) is 0.838. The maximum absolute atomic E-state index is 12.1. The van der Waals surface area contributed by atoms with Gasteiger partial charge in [0, 0.05) is 12.1 Å². The van der Waals surface area contributed by atoms with Crippen molar-refractivity contribution in [1.82, 2.24) is 5.32 Å². The van der Waals surface area contributed by atoms with E-state index < -0.39 is 0 Å². The van der Waals surface area contributed by atoms with E-state index in [1.165, 1.54) is 0 Å². The molecule has 21 heavy (non-hydrogen) atoms. The van der Waals surface area contributed by atoms with Crippen LogP contribution in [0.3, 0.4) is 0 Å². The molecule has 0 atom stereocenters. The second kappa shape index (κ2) is 6.89. The van der Waals surface area contributed by atoms with Crippen molar-refractivity contribution in [3.8, 4) is 0 Å². The third-order valence-electron chi connectivity index (χ3n) is 2.86. The smallest absolute Gasteiger partial charge is 0.253 e. The van der Waals surface area contributed by atoms with Gasteiger partial charge in [0.05, 0.1) is 15.6 Å². The fraction of sp³-hybridized carbons (Fsp3) is 0.0667. The van der Waals surface area contributed by atoms with Gasteiger partial charge in [0.15, 0.2) is 0 Å². The number of carbonyl (C=O) groups excluding carboxylic acids is 1. The Morgan fingerprint density at radius 1 is 1.19 bits per heavy atom. The summed E-state index contributed by atoms with van der Waals surface area (Å²) in [6, 6.07) is 12.3. The molecule has 1 amide bonds. The Kier molecular flexibility index (Phi) is 5.17. The minimum absolute atomic E-state index is 0.244. The van der Waals surface area contributed by atoms with Gasteiger partial charge in [-0.2, -0.15) is 0 Å². The number of amides is 1. The van der Waals surface area contributed by atoms with Crippen LogP contribution in [-0.2, 0) is 6.54 Å². The van der Waals surface area contributed by atoms with Crippen molar-refractivity contribution in [3.05, 3.63) is 69.2 Å². The fourth-order valence-electron chi connectivity index (χ4n) is 1.79. The zero-order chi connectivity index (χ0) is 15.4. The van der Waals surface area contributed by atoms with Crippen LogP contribution in [0.4, 0.5) is 0 Å². The first-order chi connectivity index (χ1) is 9.99. The number of hydrogen-bond acceptors (Lipinski definition) is 2. The van der Waals surface area contributed by atoms with Gasteiger partial charge >= 0.3 is 0 Å². The molecule has 2 rings (SSSR count). The predicted molar refractivity (Wildman–Crippen MR) is 90.0 cm³/mol. The van der Waals surface area contributed by atoms with Gasteiger partial charge in [-0.15, -0.1) is 0 Å². The maximum atomic E-state index is 12.1. The number of thiocarbonyl (C=S) groups is 1. The van der Waals surface area contributed by atoms with Gasteiger partial charge in [-0.25, -0.2) is 0 Å². The minimum Gasteiger partial charge on any atom is -0.389 e. The SMILES string of the molecule is NC(=S)c1cccc(CNC(=O)c2cccc(Cl)c2Cl)c1. The molecule has 0 radical (unpaired) electrons. The van der Waals surface area contributed by atoms with Crippen LogP contribution >= 0.6 is 35.4 Å². The minimum atomic E-state index is -0.289. The van der Waals surface area contributed by atoms with Crippen LogP contribution in [0.5, 0.6) is 0 Å². The molecule has 108 valence electrons. The lowest BCUT2D eigenvalue weighted by atomic mass is 10.1. The van der Waals surface area contributed by atoms with Crippen LogP contribution in [0.25, 0.3) is 0 Å². The first-order valence-electron chi connectivity index (χ1n) is 6.10. The molecule has 0 saturated carbocycles. The maximum Gasteiger partial charge on any atom is 0.253 e. The lowest BCUT2D eigenvalue weighted by Gasteiger charge is -2.08. The van der Waals surface area contributed by atoms with Crippen LogP contribution in [0.2, 0.25) is 10.0 Å². The number of carbonyl (C=O) groups is 1. The van der Waals surface area contributed by atoms with Crippen LogP contribution in [0.15, 0.2) is 42.5 Å². The van der Waals surface area contributed by atoms with Crippen molar-refractivity contribution < 1.29 is 4.79 Å². The van der Waals surface area contributed by atoms with Crippen molar-refractivity contribution in [2.75, 3.05) is 0 Å². The van der Waals surface area contributed by atoms with Crippen molar-refractivity contribution in [1.29, 1.82) is 0 Å². The van der Waals surface area contributed by atoms with Crippen molar-refractivity contribution in [2.24, 2.45) is 5.73 Å². The van der Waals surface area contributed by atoms with Crippen LogP contribution < -0.4 is 11.1 Å². The van der Waals surface area contributed by atoms with Gasteiger partial charge in [-0.3, -0.25) is 4.79 Å². The first kappa shape index (κ1) is 15.8. The lowest BCUT2D eigenvalue weighted by molar-refractivity contribution is 0.0951. The van der Waals surface area contributed by atoms with E-state index in [9.17, 15) is 4.79 Å². The second-order valence-electron chi connectivity index (χ2n) is 4.35. The molecule has 0 bridgehead atoms. The number of nitrogens with two attached hydrogens (primary N) is 1. The van der Waals surface area contributed by atoms with Gasteiger partial charge < -0.3 is 11.1 Å². The molecule has 6 heteroatoms. The molecular weight excluding hydrogens is 327 g/mol. The Hall–Kier alpha value is -1.62. The van der Waals surface area contributed by atoms with Gasteiger partial charge in [0.2, 0.25) is 0 Å². The van der Waals surface area contributed by atoms with E-state index in [1.54, 1.807) is 18.2 Å². The molecule has 0 fully saturated rings. The number of benzene rings is 2. The van der Waals surface area contributed by atoms with Gasteiger partial charge in [0.25, 0.3) is 5.91 Å². The molecule has 0 heterocycles. The zero-order valence-corrected chi connectivity index (χ0v) is 13.2. The third-order valence-corrected chi connectivity index (χ3v) is 3.92. The summed E-state index contributed by atoms with van der Waals surface area (Å²) in [6.07, 6.45) is 0. The summed E-state index contributed by atoms with van der Waals surface area (Å²) in [5, 5.41) is 3.37. The summed E-state index contributed by atoms with van der Waals surface area (Å²) in [4.78, 5) is 12.4.